The molecule has 7 heteroatoms. The Morgan fingerprint density at radius 3 is 2.35 bits per heavy atom. The molecule has 5 nitrogen and oxygen atoms in total. The second-order valence-corrected chi connectivity index (χ2v) is 7.69. The van der Waals surface area contributed by atoms with Gasteiger partial charge in [-0.2, -0.15) is 0 Å². The van der Waals surface area contributed by atoms with Crippen molar-refractivity contribution in [3.8, 4) is 21.7 Å². The molecule has 2 heterocycles. The maximum absolute atomic E-state index is 11.5. The summed E-state index contributed by atoms with van der Waals surface area (Å²) < 4.78 is 27.1. The molecule has 116 valence electrons. The fourth-order valence-electron chi connectivity index (χ4n) is 2.09. The third-order valence-electron chi connectivity index (χ3n) is 3.30. The summed E-state index contributed by atoms with van der Waals surface area (Å²) in [6, 6.07) is 10.5. The number of benzene rings is 1. The highest BCUT2D eigenvalue weighted by Crippen LogP contribution is 2.33. The standard InChI is InChI=1S/C16H13N3O2S2/c1-3-13-7-4-12(10-17-13)15-16(22-19-18-15)11-5-8-14(9-6-11)23(2,20)21/h3-10H,1H2,2H3. The lowest BCUT2D eigenvalue weighted by molar-refractivity contribution is 0.602. The van der Waals surface area contributed by atoms with Gasteiger partial charge in [-0.3, -0.25) is 4.98 Å². The van der Waals surface area contributed by atoms with Gasteiger partial charge >= 0.3 is 0 Å². The van der Waals surface area contributed by atoms with Gasteiger partial charge in [0, 0.05) is 18.0 Å². The zero-order chi connectivity index (χ0) is 16.4. The molecule has 23 heavy (non-hydrogen) atoms. The lowest BCUT2D eigenvalue weighted by Gasteiger charge is -2.03. The van der Waals surface area contributed by atoms with Gasteiger partial charge < -0.3 is 0 Å². The summed E-state index contributed by atoms with van der Waals surface area (Å²) in [5.41, 5.74) is 3.24. The summed E-state index contributed by atoms with van der Waals surface area (Å²) >= 11 is 1.26. The van der Waals surface area contributed by atoms with Crippen molar-refractivity contribution in [2.24, 2.45) is 0 Å². The number of hydrogen-bond acceptors (Lipinski definition) is 6. The molecule has 3 rings (SSSR count). The van der Waals surface area contributed by atoms with Crippen molar-refractivity contribution in [3.63, 3.8) is 0 Å². The van der Waals surface area contributed by atoms with Crippen LogP contribution in [0.1, 0.15) is 5.69 Å². The van der Waals surface area contributed by atoms with Gasteiger partial charge in [-0.25, -0.2) is 8.42 Å². The predicted molar refractivity (Wildman–Crippen MR) is 91.8 cm³/mol. The molecule has 0 N–H and O–H groups in total. The summed E-state index contributed by atoms with van der Waals surface area (Å²) in [6.07, 6.45) is 4.59. The molecule has 0 amide bonds. The normalized spacial score (nSPS) is 11.3. The smallest absolute Gasteiger partial charge is 0.175 e. The molecule has 0 unspecified atom stereocenters. The van der Waals surface area contributed by atoms with E-state index in [0.29, 0.717) is 0 Å². The van der Waals surface area contributed by atoms with Gasteiger partial charge in [0.05, 0.1) is 15.5 Å². The highest BCUT2D eigenvalue weighted by molar-refractivity contribution is 7.90. The third-order valence-corrected chi connectivity index (χ3v) is 5.20. The quantitative estimate of drug-likeness (QED) is 0.726. The number of aromatic nitrogens is 3. The van der Waals surface area contributed by atoms with E-state index in [0.717, 1.165) is 27.4 Å². The first-order valence-corrected chi connectivity index (χ1v) is 9.37. The van der Waals surface area contributed by atoms with Gasteiger partial charge in [-0.15, -0.1) is 5.10 Å². The Labute approximate surface area is 138 Å². The largest absolute Gasteiger partial charge is 0.256 e. The molecule has 0 radical (unpaired) electrons. The van der Waals surface area contributed by atoms with E-state index in [4.69, 9.17) is 0 Å². The minimum Gasteiger partial charge on any atom is -0.256 e. The van der Waals surface area contributed by atoms with E-state index in [-0.39, 0.29) is 4.90 Å². The molecule has 0 spiro atoms. The number of pyridine rings is 1. The van der Waals surface area contributed by atoms with Crippen molar-refractivity contribution >= 4 is 27.4 Å². The predicted octanol–water partition coefficient (Wildman–Crippen LogP) is 3.31. The van der Waals surface area contributed by atoms with Crippen LogP contribution in [0, 0.1) is 0 Å². The van der Waals surface area contributed by atoms with Crippen molar-refractivity contribution in [1.82, 2.24) is 14.6 Å². The van der Waals surface area contributed by atoms with Crippen molar-refractivity contribution in [2.45, 2.75) is 4.90 Å². The van der Waals surface area contributed by atoms with E-state index in [1.165, 1.54) is 17.8 Å². The molecule has 0 saturated heterocycles. The summed E-state index contributed by atoms with van der Waals surface area (Å²) in [7, 11) is -3.21. The minimum atomic E-state index is -3.21. The molecule has 0 aliphatic heterocycles. The van der Waals surface area contributed by atoms with Gasteiger partial charge in [0.2, 0.25) is 0 Å². The van der Waals surface area contributed by atoms with Gasteiger partial charge in [-0.1, -0.05) is 23.2 Å². The molecule has 3 aromatic rings. The van der Waals surface area contributed by atoms with Crippen LogP contribution in [0.4, 0.5) is 0 Å². The van der Waals surface area contributed by atoms with Crippen LogP contribution in [0.25, 0.3) is 27.8 Å². The van der Waals surface area contributed by atoms with Crippen molar-refractivity contribution in [3.05, 3.63) is 54.9 Å². The first-order chi connectivity index (χ1) is 11.0. The zero-order valence-corrected chi connectivity index (χ0v) is 13.9. The lowest BCUT2D eigenvalue weighted by Crippen LogP contribution is -1.96. The first kappa shape index (κ1) is 15.5. The Balaban J connectivity index is 2.01. The van der Waals surface area contributed by atoms with Crippen LogP contribution in [0.3, 0.4) is 0 Å². The molecule has 0 bridgehead atoms. The Bertz CT molecular complexity index is 944. The topological polar surface area (TPSA) is 72.8 Å². The van der Waals surface area contributed by atoms with Crippen LogP contribution in [0.5, 0.6) is 0 Å². The van der Waals surface area contributed by atoms with E-state index < -0.39 is 9.84 Å². The zero-order valence-electron chi connectivity index (χ0n) is 12.3. The van der Waals surface area contributed by atoms with Crippen LogP contribution in [0.2, 0.25) is 0 Å². The van der Waals surface area contributed by atoms with Gasteiger partial charge in [0.15, 0.2) is 9.84 Å². The van der Waals surface area contributed by atoms with Gasteiger partial charge in [0.25, 0.3) is 0 Å². The Morgan fingerprint density at radius 1 is 1.09 bits per heavy atom. The molecular weight excluding hydrogens is 330 g/mol. The number of sulfone groups is 1. The average molecular weight is 343 g/mol. The fourth-order valence-corrected chi connectivity index (χ4v) is 3.41. The van der Waals surface area contributed by atoms with Crippen LogP contribution in [-0.4, -0.2) is 29.2 Å². The fraction of sp³-hybridized carbons (Fsp3) is 0.0625. The second-order valence-electron chi connectivity index (χ2n) is 4.92. The maximum atomic E-state index is 11.5. The summed E-state index contributed by atoms with van der Waals surface area (Å²) in [5, 5.41) is 4.17. The van der Waals surface area contributed by atoms with Crippen molar-refractivity contribution in [2.75, 3.05) is 6.26 Å². The monoisotopic (exact) mass is 343 g/mol. The molecule has 2 aromatic heterocycles. The molecule has 1 aromatic carbocycles. The van der Waals surface area contributed by atoms with Crippen LogP contribution in [-0.2, 0) is 9.84 Å². The first-order valence-electron chi connectivity index (χ1n) is 6.71. The molecule has 0 fully saturated rings. The molecule has 0 atom stereocenters. The SMILES string of the molecule is C=Cc1ccc(-c2nnsc2-c2ccc(S(C)(=O)=O)cc2)cn1. The Hall–Kier alpha value is -2.38. The van der Waals surface area contributed by atoms with Gasteiger partial charge in [0.1, 0.15) is 5.69 Å². The maximum Gasteiger partial charge on any atom is 0.175 e. The molecule has 0 aliphatic carbocycles. The summed E-state index contributed by atoms with van der Waals surface area (Å²) in [5.74, 6) is 0. The van der Waals surface area contributed by atoms with E-state index >= 15 is 0 Å². The molecular formula is C16H13N3O2S2. The highest BCUT2D eigenvalue weighted by atomic mass is 32.2. The van der Waals surface area contributed by atoms with E-state index in [2.05, 4.69) is 21.1 Å². The van der Waals surface area contributed by atoms with E-state index in [9.17, 15) is 8.42 Å². The lowest BCUT2D eigenvalue weighted by atomic mass is 10.1. The minimum absolute atomic E-state index is 0.289. The number of nitrogens with zero attached hydrogens (tertiary/aromatic N) is 3. The summed E-state index contributed by atoms with van der Waals surface area (Å²) in [6.45, 7) is 3.68. The van der Waals surface area contributed by atoms with E-state index in [1.54, 1.807) is 36.5 Å². The van der Waals surface area contributed by atoms with E-state index in [1.807, 2.05) is 12.1 Å². The molecule has 0 aliphatic rings. The Kier molecular flexibility index (Phi) is 4.06. The number of hydrogen-bond donors (Lipinski definition) is 0. The molecule has 0 saturated carbocycles. The van der Waals surface area contributed by atoms with Crippen LogP contribution in [0.15, 0.2) is 54.1 Å². The second kappa shape index (κ2) is 6.02. The Morgan fingerprint density at radius 2 is 1.78 bits per heavy atom. The highest BCUT2D eigenvalue weighted by Gasteiger charge is 2.14. The van der Waals surface area contributed by atoms with Crippen molar-refractivity contribution in [1.29, 1.82) is 0 Å². The van der Waals surface area contributed by atoms with Crippen LogP contribution < -0.4 is 0 Å². The summed E-state index contributed by atoms with van der Waals surface area (Å²) in [4.78, 5) is 5.44. The number of rotatable bonds is 4. The van der Waals surface area contributed by atoms with Crippen LogP contribution >= 0.6 is 11.5 Å². The average Bonchev–Trinajstić information content (AvgIpc) is 3.04. The van der Waals surface area contributed by atoms with Gasteiger partial charge in [-0.05, 0) is 47.4 Å². The third kappa shape index (κ3) is 3.20. The van der Waals surface area contributed by atoms with Crippen molar-refractivity contribution < 1.29 is 8.42 Å².